The third kappa shape index (κ3) is 3.19. The number of hydrogen-bond acceptors (Lipinski definition) is 3. The summed E-state index contributed by atoms with van der Waals surface area (Å²) in [4.78, 5) is 18.1. The average Bonchev–Trinajstić information content (AvgIpc) is 2.75. The lowest BCUT2D eigenvalue weighted by atomic mass is 9.89. The Hall–Kier alpha value is -0.840. The normalized spacial score (nSPS) is 23.6. The molecule has 0 aliphatic carbocycles. The van der Waals surface area contributed by atoms with Crippen LogP contribution in [-0.4, -0.2) is 35.9 Å². The Morgan fingerprint density at radius 3 is 2.95 bits per heavy atom. The second-order valence-corrected chi connectivity index (χ2v) is 5.99. The summed E-state index contributed by atoms with van der Waals surface area (Å²) >= 11 is 11.9. The van der Waals surface area contributed by atoms with E-state index in [1.54, 1.807) is 19.3 Å². The van der Waals surface area contributed by atoms with Gasteiger partial charge in [0.2, 0.25) is 5.91 Å². The summed E-state index contributed by atoms with van der Waals surface area (Å²) in [6, 6.07) is 1.65. The van der Waals surface area contributed by atoms with Gasteiger partial charge in [0.15, 0.2) is 0 Å². The van der Waals surface area contributed by atoms with E-state index in [-0.39, 0.29) is 11.3 Å². The molecule has 0 saturated carbocycles. The van der Waals surface area contributed by atoms with E-state index in [2.05, 4.69) is 15.2 Å². The van der Waals surface area contributed by atoms with Gasteiger partial charge >= 0.3 is 0 Å². The Morgan fingerprint density at radius 1 is 1.58 bits per heavy atom. The Balaban J connectivity index is 2.04. The van der Waals surface area contributed by atoms with E-state index in [9.17, 15) is 4.79 Å². The maximum absolute atomic E-state index is 11.9. The predicted molar refractivity (Wildman–Crippen MR) is 76.3 cm³/mol. The van der Waals surface area contributed by atoms with Crippen molar-refractivity contribution in [2.45, 2.75) is 19.9 Å². The highest BCUT2D eigenvalue weighted by Crippen LogP contribution is 2.32. The fraction of sp³-hybridized carbons (Fsp3) is 0.538. The Morgan fingerprint density at radius 2 is 2.32 bits per heavy atom. The Kier molecular flexibility index (Phi) is 4.33. The Bertz CT molecular complexity index is 495. The van der Waals surface area contributed by atoms with Crippen LogP contribution in [0.5, 0.6) is 0 Å². The number of pyridine rings is 1. The molecule has 6 heteroatoms. The molecule has 1 amide bonds. The molecule has 0 radical (unpaired) electrons. The Labute approximate surface area is 123 Å². The van der Waals surface area contributed by atoms with E-state index in [0.29, 0.717) is 16.7 Å². The molecule has 0 aromatic carbocycles. The van der Waals surface area contributed by atoms with Crippen LogP contribution in [0.1, 0.15) is 18.9 Å². The van der Waals surface area contributed by atoms with Gasteiger partial charge in [-0.25, -0.2) is 4.98 Å². The number of nitrogens with zero attached hydrogens (tertiary/aromatic N) is 2. The van der Waals surface area contributed by atoms with Crippen molar-refractivity contribution in [3.63, 3.8) is 0 Å². The summed E-state index contributed by atoms with van der Waals surface area (Å²) < 4.78 is 0. The first-order chi connectivity index (χ1) is 8.94. The lowest BCUT2D eigenvalue weighted by Crippen LogP contribution is -2.39. The standard InChI is InChI=1S/C13H17Cl2N3O/c1-13(12(19)16-2)3-4-18(8-13)7-9-6-17-11(15)5-10(9)14/h5-6H,3-4,7-8H2,1-2H3,(H,16,19). The highest BCUT2D eigenvalue weighted by molar-refractivity contribution is 6.34. The number of carbonyl (C=O) groups excluding carboxylic acids is 1. The molecule has 104 valence electrons. The molecule has 0 bridgehead atoms. The van der Waals surface area contributed by atoms with Crippen LogP contribution in [0.4, 0.5) is 0 Å². The monoisotopic (exact) mass is 301 g/mol. The van der Waals surface area contributed by atoms with Gasteiger partial charge in [-0.05, 0) is 26.0 Å². The van der Waals surface area contributed by atoms with Gasteiger partial charge in [-0.1, -0.05) is 23.2 Å². The number of aromatic nitrogens is 1. The molecular formula is C13H17Cl2N3O. The van der Waals surface area contributed by atoms with Crippen LogP contribution in [-0.2, 0) is 11.3 Å². The summed E-state index contributed by atoms with van der Waals surface area (Å²) in [6.45, 7) is 4.29. The first-order valence-corrected chi connectivity index (χ1v) is 6.95. The van der Waals surface area contributed by atoms with Crippen LogP contribution in [0.2, 0.25) is 10.2 Å². The van der Waals surface area contributed by atoms with E-state index in [1.807, 2.05) is 6.92 Å². The molecule has 1 aromatic heterocycles. The van der Waals surface area contributed by atoms with Crippen molar-refractivity contribution in [3.8, 4) is 0 Å². The second-order valence-electron chi connectivity index (χ2n) is 5.20. The molecule has 1 fully saturated rings. The number of amides is 1. The zero-order chi connectivity index (χ0) is 14.0. The van der Waals surface area contributed by atoms with Crippen molar-refractivity contribution in [3.05, 3.63) is 28.0 Å². The van der Waals surface area contributed by atoms with Gasteiger partial charge in [0.25, 0.3) is 0 Å². The minimum absolute atomic E-state index is 0.0929. The molecule has 1 aromatic rings. The highest BCUT2D eigenvalue weighted by atomic mass is 35.5. The van der Waals surface area contributed by atoms with E-state index in [0.717, 1.165) is 25.1 Å². The summed E-state index contributed by atoms with van der Waals surface area (Å²) in [5.41, 5.74) is 0.619. The van der Waals surface area contributed by atoms with E-state index < -0.39 is 0 Å². The molecule has 2 heterocycles. The number of rotatable bonds is 3. The SMILES string of the molecule is CNC(=O)C1(C)CCN(Cc2cnc(Cl)cc2Cl)C1. The van der Waals surface area contributed by atoms with Crippen molar-refractivity contribution >= 4 is 29.1 Å². The van der Waals surface area contributed by atoms with Crippen molar-refractivity contribution in [2.75, 3.05) is 20.1 Å². The molecular weight excluding hydrogens is 285 g/mol. The number of hydrogen-bond donors (Lipinski definition) is 1. The molecule has 1 aliphatic heterocycles. The van der Waals surface area contributed by atoms with Crippen LogP contribution in [0.3, 0.4) is 0 Å². The van der Waals surface area contributed by atoms with Gasteiger partial charge in [0, 0.05) is 36.9 Å². The molecule has 2 rings (SSSR count). The van der Waals surface area contributed by atoms with Crippen molar-refractivity contribution < 1.29 is 4.79 Å². The fourth-order valence-corrected chi connectivity index (χ4v) is 2.90. The summed E-state index contributed by atoms with van der Waals surface area (Å²) in [7, 11) is 1.68. The van der Waals surface area contributed by atoms with Gasteiger partial charge in [0.05, 0.1) is 5.41 Å². The van der Waals surface area contributed by atoms with Crippen molar-refractivity contribution in [1.29, 1.82) is 0 Å². The highest BCUT2D eigenvalue weighted by Gasteiger charge is 2.39. The third-order valence-electron chi connectivity index (χ3n) is 3.62. The molecule has 4 nitrogen and oxygen atoms in total. The van der Waals surface area contributed by atoms with Crippen LogP contribution in [0, 0.1) is 5.41 Å². The first-order valence-electron chi connectivity index (χ1n) is 6.19. The topological polar surface area (TPSA) is 45.2 Å². The third-order valence-corrected chi connectivity index (χ3v) is 4.18. The summed E-state index contributed by atoms with van der Waals surface area (Å²) in [5.74, 6) is 0.0929. The second kappa shape index (κ2) is 5.65. The fourth-order valence-electron chi connectivity index (χ4n) is 2.47. The minimum atomic E-state index is -0.318. The molecule has 19 heavy (non-hydrogen) atoms. The molecule has 1 atom stereocenters. The predicted octanol–water partition coefficient (Wildman–Crippen LogP) is 2.35. The first kappa shape index (κ1) is 14.6. The van der Waals surface area contributed by atoms with Gasteiger partial charge in [-0.2, -0.15) is 0 Å². The van der Waals surface area contributed by atoms with Gasteiger partial charge in [0.1, 0.15) is 5.15 Å². The average molecular weight is 302 g/mol. The van der Waals surface area contributed by atoms with Crippen molar-refractivity contribution in [2.24, 2.45) is 5.41 Å². The van der Waals surface area contributed by atoms with E-state index >= 15 is 0 Å². The number of nitrogens with one attached hydrogen (secondary N) is 1. The zero-order valence-electron chi connectivity index (χ0n) is 11.0. The van der Waals surface area contributed by atoms with Crippen molar-refractivity contribution in [1.82, 2.24) is 15.2 Å². The number of likely N-dealkylation sites (tertiary alicyclic amines) is 1. The summed E-state index contributed by atoms with van der Waals surface area (Å²) in [5, 5.41) is 3.74. The lowest BCUT2D eigenvalue weighted by molar-refractivity contribution is -0.129. The number of carbonyl (C=O) groups is 1. The lowest BCUT2D eigenvalue weighted by Gasteiger charge is -2.23. The van der Waals surface area contributed by atoms with Gasteiger partial charge in [-0.15, -0.1) is 0 Å². The van der Waals surface area contributed by atoms with Gasteiger partial charge < -0.3 is 5.32 Å². The van der Waals surface area contributed by atoms with Crippen LogP contribution >= 0.6 is 23.2 Å². The largest absolute Gasteiger partial charge is 0.359 e. The van der Waals surface area contributed by atoms with Crippen LogP contribution in [0.25, 0.3) is 0 Å². The van der Waals surface area contributed by atoms with Crippen LogP contribution < -0.4 is 5.32 Å². The van der Waals surface area contributed by atoms with E-state index in [1.165, 1.54) is 0 Å². The van der Waals surface area contributed by atoms with Crippen LogP contribution in [0.15, 0.2) is 12.3 Å². The molecule has 1 saturated heterocycles. The molecule has 0 spiro atoms. The summed E-state index contributed by atoms with van der Waals surface area (Å²) in [6.07, 6.45) is 2.55. The quantitative estimate of drug-likeness (QED) is 0.872. The molecule has 1 aliphatic rings. The zero-order valence-corrected chi connectivity index (χ0v) is 12.6. The molecule has 1 unspecified atom stereocenters. The maximum atomic E-state index is 11.9. The maximum Gasteiger partial charge on any atom is 0.227 e. The smallest absolute Gasteiger partial charge is 0.227 e. The molecule has 1 N–H and O–H groups in total. The number of halogens is 2. The van der Waals surface area contributed by atoms with Gasteiger partial charge in [-0.3, -0.25) is 9.69 Å². The minimum Gasteiger partial charge on any atom is -0.359 e. The van der Waals surface area contributed by atoms with E-state index in [4.69, 9.17) is 23.2 Å².